The third-order valence-electron chi connectivity index (χ3n) is 2.42. The molecule has 0 aliphatic rings. The van der Waals surface area contributed by atoms with Gasteiger partial charge in [0, 0.05) is 5.02 Å². The fraction of sp³-hybridized carbons (Fsp3) is 0.467. The van der Waals surface area contributed by atoms with Gasteiger partial charge in [0.05, 0.1) is 6.04 Å². The Balaban J connectivity index is 2.68. The van der Waals surface area contributed by atoms with E-state index in [1.54, 1.807) is 26.8 Å². The first kappa shape index (κ1) is 16.5. The molecular formula is C15H20ClNO3. The average Bonchev–Trinajstić information content (AvgIpc) is 2.23. The third kappa shape index (κ3) is 6.06. The van der Waals surface area contributed by atoms with Crippen LogP contribution in [0.4, 0.5) is 4.79 Å². The summed E-state index contributed by atoms with van der Waals surface area (Å²) in [5, 5.41) is 3.15. The van der Waals surface area contributed by atoms with E-state index in [0.29, 0.717) is 17.7 Å². The van der Waals surface area contributed by atoms with E-state index in [2.05, 4.69) is 5.32 Å². The number of ether oxygens (including phenoxy) is 1. The molecule has 20 heavy (non-hydrogen) atoms. The van der Waals surface area contributed by atoms with Crippen molar-refractivity contribution in [2.24, 2.45) is 0 Å². The van der Waals surface area contributed by atoms with Crippen molar-refractivity contribution in [2.75, 3.05) is 0 Å². The molecule has 0 aliphatic carbocycles. The Kier molecular flexibility index (Phi) is 5.57. The molecule has 0 aliphatic heterocycles. The van der Waals surface area contributed by atoms with Crippen LogP contribution < -0.4 is 5.32 Å². The van der Waals surface area contributed by atoms with E-state index in [1.807, 2.05) is 19.1 Å². The molecule has 110 valence electrons. The SMILES string of the molecule is Cc1cc(Cl)cc(CC(C=O)NC(=O)OC(C)(C)C)c1. The van der Waals surface area contributed by atoms with Crippen LogP contribution in [0.1, 0.15) is 31.9 Å². The fourth-order valence-electron chi connectivity index (χ4n) is 1.78. The lowest BCUT2D eigenvalue weighted by molar-refractivity contribution is -0.109. The van der Waals surface area contributed by atoms with Crippen LogP contribution in [0, 0.1) is 6.92 Å². The zero-order valence-electron chi connectivity index (χ0n) is 12.2. The number of nitrogens with one attached hydrogen (secondary N) is 1. The van der Waals surface area contributed by atoms with Crippen molar-refractivity contribution in [2.45, 2.75) is 45.8 Å². The van der Waals surface area contributed by atoms with Crippen molar-refractivity contribution < 1.29 is 14.3 Å². The lowest BCUT2D eigenvalue weighted by Gasteiger charge is -2.21. The summed E-state index contributed by atoms with van der Waals surface area (Å²) < 4.78 is 5.12. The first-order chi connectivity index (χ1) is 9.19. The summed E-state index contributed by atoms with van der Waals surface area (Å²) >= 11 is 5.97. The molecule has 0 saturated heterocycles. The van der Waals surface area contributed by atoms with Gasteiger partial charge in [-0.3, -0.25) is 0 Å². The molecule has 1 N–H and O–H groups in total. The number of hydrogen-bond donors (Lipinski definition) is 1. The summed E-state index contributed by atoms with van der Waals surface area (Å²) in [5.41, 5.74) is 1.31. The van der Waals surface area contributed by atoms with Gasteiger partial charge in [-0.25, -0.2) is 4.79 Å². The summed E-state index contributed by atoms with van der Waals surface area (Å²) in [6, 6.07) is 4.91. The number of rotatable bonds is 4. The van der Waals surface area contributed by atoms with E-state index < -0.39 is 17.7 Å². The Bertz CT molecular complexity index is 474. The molecule has 0 spiro atoms. The van der Waals surface area contributed by atoms with E-state index >= 15 is 0 Å². The number of aldehydes is 1. The second kappa shape index (κ2) is 6.75. The second-order valence-corrected chi connectivity index (χ2v) is 6.17. The molecule has 0 fully saturated rings. The van der Waals surface area contributed by atoms with Gasteiger partial charge in [0.1, 0.15) is 11.9 Å². The highest BCUT2D eigenvalue weighted by Crippen LogP contribution is 2.16. The molecule has 5 heteroatoms. The lowest BCUT2D eigenvalue weighted by atomic mass is 10.0. The predicted molar refractivity (Wildman–Crippen MR) is 79.1 cm³/mol. The highest BCUT2D eigenvalue weighted by molar-refractivity contribution is 6.30. The Morgan fingerprint density at radius 2 is 2.05 bits per heavy atom. The van der Waals surface area contributed by atoms with Crippen LogP contribution in [0.15, 0.2) is 18.2 Å². The number of alkyl carbamates (subject to hydrolysis) is 1. The molecule has 0 heterocycles. The molecule has 0 bridgehead atoms. The Labute approximate surface area is 124 Å². The number of amides is 1. The van der Waals surface area contributed by atoms with E-state index in [1.165, 1.54) is 0 Å². The molecule has 0 aromatic heterocycles. The summed E-state index contributed by atoms with van der Waals surface area (Å²) in [6.07, 6.45) is 0.470. The minimum absolute atomic E-state index is 0.379. The summed E-state index contributed by atoms with van der Waals surface area (Å²) in [7, 11) is 0. The van der Waals surface area contributed by atoms with Gasteiger partial charge in [0.2, 0.25) is 0 Å². The second-order valence-electron chi connectivity index (χ2n) is 5.73. The number of carbonyl (C=O) groups is 2. The van der Waals surface area contributed by atoms with Gasteiger partial charge < -0.3 is 14.8 Å². The largest absolute Gasteiger partial charge is 0.444 e. The van der Waals surface area contributed by atoms with Crippen molar-refractivity contribution in [1.29, 1.82) is 0 Å². The van der Waals surface area contributed by atoms with E-state index in [9.17, 15) is 9.59 Å². The number of carbonyl (C=O) groups excluding carboxylic acids is 2. The monoisotopic (exact) mass is 297 g/mol. The quantitative estimate of drug-likeness (QED) is 0.868. The Hall–Kier alpha value is -1.55. The number of benzene rings is 1. The number of hydrogen-bond acceptors (Lipinski definition) is 3. The van der Waals surface area contributed by atoms with Crippen molar-refractivity contribution in [3.05, 3.63) is 34.3 Å². The van der Waals surface area contributed by atoms with Crippen LogP contribution in [-0.4, -0.2) is 24.0 Å². The summed E-state index contributed by atoms with van der Waals surface area (Å²) in [6.45, 7) is 7.22. The van der Waals surface area contributed by atoms with E-state index in [-0.39, 0.29) is 0 Å². The Morgan fingerprint density at radius 1 is 1.40 bits per heavy atom. The van der Waals surface area contributed by atoms with Crippen LogP contribution in [0.2, 0.25) is 5.02 Å². The maximum Gasteiger partial charge on any atom is 0.408 e. The standard InChI is InChI=1S/C15H20ClNO3/c1-10-5-11(7-12(16)6-10)8-13(9-18)17-14(19)20-15(2,3)4/h5-7,9,13H,8H2,1-4H3,(H,17,19). The molecule has 1 atom stereocenters. The van der Waals surface area contributed by atoms with Crippen molar-refractivity contribution in [3.8, 4) is 0 Å². The maximum absolute atomic E-state index is 11.6. The molecule has 1 rings (SSSR count). The van der Waals surface area contributed by atoms with Gasteiger partial charge in [0.15, 0.2) is 0 Å². The van der Waals surface area contributed by atoms with Crippen molar-refractivity contribution >= 4 is 24.0 Å². The van der Waals surface area contributed by atoms with Gasteiger partial charge in [-0.15, -0.1) is 0 Å². The van der Waals surface area contributed by atoms with Gasteiger partial charge >= 0.3 is 6.09 Å². The fourth-order valence-corrected chi connectivity index (χ4v) is 2.09. The topological polar surface area (TPSA) is 55.4 Å². The first-order valence-electron chi connectivity index (χ1n) is 6.40. The summed E-state index contributed by atoms with van der Waals surface area (Å²) in [5.74, 6) is 0. The van der Waals surface area contributed by atoms with E-state index in [0.717, 1.165) is 11.1 Å². The highest BCUT2D eigenvalue weighted by atomic mass is 35.5. The molecule has 0 radical (unpaired) electrons. The molecule has 1 amide bonds. The predicted octanol–water partition coefficient (Wildman–Crippen LogP) is 3.28. The van der Waals surface area contributed by atoms with Gasteiger partial charge in [-0.05, 0) is 57.4 Å². The van der Waals surface area contributed by atoms with Gasteiger partial charge in [-0.1, -0.05) is 17.7 Å². The molecule has 1 unspecified atom stereocenters. The molecule has 4 nitrogen and oxygen atoms in total. The molecular weight excluding hydrogens is 278 g/mol. The van der Waals surface area contributed by atoms with Crippen LogP contribution in [-0.2, 0) is 16.0 Å². The zero-order chi connectivity index (χ0) is 15.3. The van der Waals surface area contributed by atoms with E-state index in [4.69, 9.17) is 16.3 Å². The Morgan fingerprint density at radius 3 is 2.55 bits per heavy atom. The zero-order valence-corrected chi connectivity index (χ0v) is 13.0. The van der Waals surface area contributed by atoms with Crippen LogP contribution >= 0.6 is 11.6 Å². The highest BCUT2D eigenvalue weighted by Gasteiger charge is 2.19. The smallest absolute Gasteiger partial charge is 0.408 e. The lowest BCUT2D eigenvalue weighted by Crippen LogP contribution is -2.41. The van der Waals surface area contributed by atoms with Crippen LogP contribution in [0.25, 0.3) is 0 Å². The number of aryl methyl sites for hydroxylation is 1. The minimum atomic E-state index is -0.636. The third-order valence-corrected chi connectivity index (χ3v) is 2.64. The minimum Gasteiger partial charge on any atom is -0.444 e. The normalized spacial score (nSPS) is 12.7. The molecule has 1 aromatic rings. The molecule has 0 saturated carbocycles. The van der Waals surface area contributed by atoms with Gasteiger partial charge in [-0.2, -0.15) is 0 Å². The first-order valence-corrected chi connectivity index (χ1v) is 6.78. The maximum atomic E-state index is 11.6. The molecule has 1 aromatic carbocycles. The van der Waals surface area contributed by atoms with Crippen molar-refractivity contribution in [1.82, 2.24) is 5.32 Å². The van der Waals surface area contributed by atoms with Crippen LogP contribution in [0.5, 0.6) is 0 Å². The number of halogens is 1. The summed E-state index contributed by atoms with van der Waals surface area (Å²) in [4.78, 5) is 22.7. The average molecular weight is 298 g/mol. The van der Waals surface area contributed by atoms with Crippen molar-refractivity contribution in [3.63, 3.8) is 0 Å². The van der Waals surface area contributed by atoms with Gasteiger partial charge in [0.25, 0.3) is 0 Å². The van der Waals surface area contributed by atoms with Crippen LogP contribution in [0.3, 0.4) is 0 Å².